The number of likely N-dealkylation sites (tertiary alicyclic amines) is 1. The Kier molecular flexibility index (Phi) is 4.62. The van der Waals surface area contributed by atoms with Crippen LogP contribution in [0.5, 0.6) is 0 Å². The van der Waals surface area contributed by atoms with E-state index in [1.165, 1.54) is 12.4 Å². The maximum atomic E-state index is 12.7. The summed E-state index contributed by atoms with van der Waals surface area (Å²) in [6.45, 7) is 1.75. The van der Waals surface area contributed by atoms with E-state index >= 15 is 0 Å². The smallest absolute Gasteiger partial charge is 0.274 e. The second-order valence-electron chi connectivity index (χ2n) is 6.58. The highest BCUT2D eigenvalue weighted by molar-refractivity contribution is 5.94. The topological polar surface area (TPSA) is 75.6 Å². The fourth-order valence-electron chi connectivity index (χ4n) is 3.61. The number of fused-ring (bicyclic) bond motifs is 1. The largest absolute Gasteiger partial charge is 0.368 e. The number of para-hydroxylation sites is 1. The third-order valence-electron chi connectivity index (χ3n) is 4.94. The van der Waals surface area contributed by atoms with Crippen molar-refractivity contribution in [3.05, 3.63) is 54.6 Å². The number of ether oxygens (including phenoxy) is 1. The van der Waals surface area contributed by atoms with Crippen molar-refractivity contribution in [2.45, 2.75) is 12.5 Å². The van der Waals surface area contributed by atoms with Crippen LogP contribution in [-0.4, -0.2) is 59.0 Å². The summed E-state index contributed by atoms with van der Waals surface area (Å²) in [6.07, 6.45) is 5.25. The third kappa shape index (κ3) is 3.30. The molecule has 26 heavy (non-hydrogen) atoms. The van der Waals surface area contributed by atoms with Gasteiger partial charge in [0.1, 0.15) is 12.3 Å². The van der Waals surface area contributed by atoms with Crippen LogP contribution in [0.2, 0.25) is 0 Å². The summed E-state index contributed by atoms with van der Waals surface area (Å²) in [5, 5.41) is 0. The minimum Gasteiger partial charge on any atom is -0.368 e. The summed E-state index contributed by atoms with van der Waals surface area (Å²) in [5.74, 6) is -0.105. The van der Waals surface area contributed by atoms with Crippen molar-refractivity contribution in [3.63, 3.8) is 0 Å². The molecule has 0 radical (unpaired) electrons. The molecular weight excluding hydrogens is 332 g/mol. The van der Waals surface area contributed by atoms with Crippen molar-refractivity contribution in [2.75, 3.05) is 31.1 Å². The molecule has 2 aromatic rings. The van der Waals surface area contributed by atoms with Gasteiger partial charge in [-0.1, -0.05) is 18.2 Å². The molecule has 2 saturated heterocycles. The summed E-state index contributed by atoms with van der Waals surface area (Å²) in [6, 6.07) is 9.59. The predicted molar refractivity (Wildman–Crippen MR) is 94.6 cm³/mol. The third-order valence-corrected chi connectivity index (χ3v) is 4.94. The lowest BCUT2D eigenvalue weighted by Crippen LogP contribution is -2.49. The number of hydrogen-bond donors (Lipinski definition) is 0. The Morgan fingerprint density at radius 2 is 2.00 bits per heavy atom. The van der Waals surface area contributed by atoms with E-state index in [1.807, 2.05) is 30.3 Å². The standard InChI is InChI=1S/C19H20N4O3/c24-18-13-26-17-6-9-22(19(25)16-10-20-7-8-21-16)11-14(17)12-23(18)15-4-2-1-3-5-15/h1-5,7-8,10,14,17H,6,9,11-13H2/t14-,17+/m1/s1. The molecule has 2 aliphatic rings. The number of rotatable bonds is 2. The summed E-state index contributed by atoms with van der Waals surface area (Å²) in [7, 11) is 0. The maximum absolute atomic E-state index is 12.7. The Morgan fingerprint density at radius 3 is 2.77 bits per heavy atom. The van der Waals surface area contributed by atoms with Gasteiger partial charge >= 0.3 is 0 Å². The van der Waals surface area contributed by atoms with Gasteiger partial charge in [0, 0.05) is 43.6 Å². The number of piperidine rings is 1. The van der Waals surface area contributed by atoms with Crippen LogP contribution in [0.25, 0.3) is 0 Å². The normalized spacial score (nSPS) is 23.3. The molecule has 7 nitrogen and oxygen atoms in total. The van der Waals surface area contributed by atoms with Gasteiger partial charge in [0.25, 0.3) is 11.8 Å². The van der Waals surface area contributed by atoms with Gasteiger partial charge in [-0.25, -0.2) is 4.98 Å². The van der Waals surface area contributed by atoms with E-state index < -0.39 is 0 Å². The molecule has 1 aromatic carbocycles. The summed E-state index contributed by atoms with van der Waals surface area (Å²) < 4.78 is 5.85. The molecule has 7 heteroatoms. The van der Waals surface area contributed by atoms with Crippen LogP contribution in [0.15, 0.2) is 48.9 Å². The molecule has 0 N–H and O–H groups in total. The Hall–Kier alpha value is -2.80. The molecule has 2 amide bonds. The average molecular weight is 352 g/mol. The monoisotopic (exact) mass is 352 g/mol. The Balaban J connectivity index is 1.52. The molecule has 2 atom stereocenters. The predicted octanol–water partition coefficient (Wildman–Crippen LogP) is 1.37. The first-order valence-electron chi connectivity index (χ1n) is 8.74. The first-order valence-corrected chi connectivity index (χ1v) is 8.74. The van der Waals surface area contributed by atoms with Crippen LogP contribution in [-0.2, 0) is 9.53 Å². The molecule has 134 valence electrons. The van der Waals surface area contributed by atoms with E-state index in [1.54, 1.807) is 16.0 Å². The summed E-state index contributed by atoms with van der Waals surface area (Å²) in [5.41, 5.74) is 1.20. The molecular formula is C19H20N4O3. The van der Waals surface area contributed by atoms with Crippen molar-refractivity contribution in [1.29, 1.82) is 0 Å². The fraction of sp³-hybridized carbons (Fsp3) is 0.368. The Bertz CT molecular complexity index is 784. The molecule has 3 heterocycles. The first kappa shape index (κ1) is 16.7. The zero-order chi connectivity index (χ0) is 17.9. The minimum atomic E-state index is -0.126. The van der Waals surface area contributed by atoms with Crippen molar-refractivity contribution in [1.82, 2.24) is 14.9 Å². The molecule has 0 saturated carbocycles. The fourth-order valence-corrected chi connectivity index (χ4v) is 3.61. The van der Waals surface area contributed by atoms with Gasteiger partial charge in [0.05, 0.1) is 12.3 Å². The lowest BCUT2D eigenvalue weighted by atomic mass is 9.93. The zero-order valence-electron chi connectivity index (χ0n) is 14.3. The van der Waals surface area contributed by atoms with Crippen molar-refractivity contribution < 1.29 is 14.3 Å². The quantitative estimate of drug-likeness (QED) is 0.816. The van der Waals surface area contributed by atoms with Crippen LogP contribution >= 0.6 is 0 Å². The average Bonchev–Trinajstić information content (AvgIpc) is 2.87. The number of amides is 2. The number of nitrogens with zero attached hydrogens (tertiary/aromatic N) is 4. The van der Waals surface area contributed by atoms with E-state index in [-0.39, 0.29) is 30.4 Å². The van der Waals surface area contributed by atoms with E-state index in [0.717, 1.165) is 5.69 Å². The first-order chi connectivity index (χ1) is 12.7. The van der Waals surface area contributed by atoms with Gasteiger partial charge in [-0.15, -0.1) is 0 Å². The lowest BCUT2D eigenvalue weighted by molar-refractivity contribution is -0.124. The SMILES string of the molecule is O=C(c1cnccn1)N1CC[C@@H]2OCC(=O)N(c3ccccc3)C[C@H]2C1. The van der Waals surface area contributed by atoms with Gasteiger partial charge in [0.2, 0.25) is 0 Å². The molecule has 0 bridgehead atoms. The van der Waals surface area contributed by atoms with Gasteiger partial charge in [-0.3, -0.25) is 14.6 Å². The van der Waals surface area contributed by atoms with Gasteiger partial charge in [-0.2, -0.15) is 0 Å². The number of aromatic nitrogens is 2. The van der Waals surface area contributed by atoms with E-state index in [2.05, 4.69) is 9.97 Å². The van der Waals surface area contributed by atoms with Gasteiger partial charge in [-0.05, 0) is 18.6 Å². The minimum absolute atomic E-state index is 0.0152. The summed E-state index contributed by atoms with van der Waals surface area (Å²) >= 11 is 0. The Morgan fingerprint density at radius 1 is 1.15 bits per heavy atom. The molecule has 0 aliphatic carbocycles. The van der Waals surface area contributed by atoms with Crippen LogP contribution in [0.3, 0.4) is 0 Å². The van der Waals surface area contributed by atoms with Crippen LogP contribution in [0, 0.1) is 5.92 Å². The van der Waals surface area contributed by atoms with Crippen LogP contribution in [0.4, 0.5) is 5.69 Å². The number of benzene rings is 1. The van der Waals surface area contributed by atoms with Crippen molar-refractivity contribution in [2.24, 2.45) is 5.92 Å². The molecule has 0 unspecified atom stereocenters. The highest BCUT2D eigenvalue weighted by Gasteiger charge is 2.37. The number of anilines is 1. The van der Waals surface area contributed by atoms with Crippen LogP contribution < -0.4 is 4.90 Å². The molecule has 2 aliphatic heterocycles. The van der Waals surface area contributed by atoms with Crippen molar-refractivity contribution >= 4 is 17.5 Å². The Labute approximate surface area is 151 Å². The molecule has 1 aromatic heterocycles. The molecule has 2 fully saturated rings. The number of hydrogen-bond acceptors (Lipinski definition) is 5. The van der Waals surface area contributed by atoms with Gasteiger partial charge in [0.15, 0.2) is 0 Å². The summed E-state index contributed by atoms with van der Waals surface area (Å²) in [4.78, 5) is 36.8. The lowest BCUT2D eigenvalue weighted by Gasteiger charge is -2.37. The molecule has 0 spiro atoms. The highest BCUT2D eigenvalue weighted by Crippen LogP contribution is 2.27. The van der Waals surface area contributed by atoms with E-state index in [0.29, 0.717) is 31.7 Å². The van der Waals surface area contributed by atoms with E-state index in [4.69, 9.17) is 4.74 Å². The van der Waals surface area contributed by atoms with Crippen LogP contribution in [0.1, 0.15) is 16.9 Å². The zero-order valence-corrected chi connectivity index (χ0v) is 14.3. The highest BCUT2D eigenvalue weighted by atomic mass is 16.5. The van der Waals surface area contributed by atoms with E-state index in [9.17, 15) is 9.59 Å². The second-order valence-corrected chi connectivity index (χ2v) is 6.58. The van der Waals surface area contributed by atoms with Gasteiger partial charge < -0.3 is 14.5 Å². The maximum Gasteiger partial charge on any atom is 0.274 e. The molecule has 4 rings (SSSR count). The number of carbonyl (C=O) groups excluding carboxylic acids is 2. The van der Waals surface area contributed by atoms with Crippen molar-refractivity contribution in [3.8, 4) is 0 Å². The second kappa shape index (κ2) is 7.21. The number of carbonyl (C=O) groups is 2.